The highest BCUT2D eigenvalue weighted by molar-refractivity contribution is 7.16. The van der Waals surface area contributed by atoms with E-state index in [1.807, 2.05) is 69.3 Å². The lowest BCUT2D eigenvalue weighted by molar-refractivity contribution is -0.149. The number of ether oxygens (including phenoxy) is 3. The van der Waals surface area contributed by atoms with Gasteiger partial charge in [-0.25, -0.2) is 0 Å². The molecule has 292 valence electrons. The molecule has 0 aliphatic carbocycles. The van der Waals surface area contributed by atoms with Crippen LogP contribution in [0.25, 0.3) is 16.5 Å². The van der Waals surface area contributed by atoms with Gasteiger partial charge in [0.25, 0.3) is 5.91 Å². The molecule has 1 atom stereocenters. The highest BCUT2D eigenvalue weighted by atomic mass is 32.1. The third kappa shape index (κ3) is 12.1. The fourth-order valence-electron chi connectivity index (χ4n) is 6.00. The van der Waals surface area contributed by atoms with Gasteiger partial charge in [0.1, 0.15) is 30.6 Å². The molecule has 0 saturated heterocycles. The van der Waals surface area contributed by atoms with Gasteiger partial charge in [0, 0.05) is 40.2 Å². The van der Waals surface area contributed by atoms with E-state index in [0.717, 1.165) is 46.7 Å². The number of nitrogens with zero attached hydrogens (tertiary/aromatic N) is 5. The summed E-state index contributed by atoms with van der Waals surface area (Å²) in [4.78, 5) is 43.3. The Kier molecular flexibility index (Phi) is 17.7. The summed E-state index contributed by atoms with van der Waals surface area (Å²) in [6.07, 6.45) is 7.77. The second-order valence-electron chi connectivity index (χ2n) is 13.7. The van der Waals surface area contributed by atoms with Crippen LogP contribution in [0.3, 0.4) is 0 Å². The third-order valence-electron chi connectivity index (χ3n) is 9.03. The summed E-state index contributed by atoms with van der Waals surface area (Å²) in [5.41, 5.74) is 1.56. The molecule has 1 aliphatic rings. The van der Waals surface area contributed by atoms with E-state index in [9.17, 15) is 30.2 Å². The number of hydrogen-bond donors (Lipinski definition) is 0. The minimum absolute atomic E-state index is 0.00447. The first-order chi connectivity index (χ1) is 26.4. The fourth-order valence-corrected chi connectivity index (χ4v) is 6.94. The Bertz CT molecular complexity index is 1870. The molecule has 11 nitrogen and oxygen atoms in total. The van der Waals surface area contributed by atoms with Crippen LogP contribution in [0, 0.1) is 45.8 Å². The standard InChI is InChI=1S/C43H53N5O6S/c1-8-11-14-31(9-2)43(51)53-24-22-47(10-3)33-15-18-36(38(25-33)54-30(6)7)39-20-17-34(55-39)16-19-35-37(28-46)40(32(26-44)27-45)48(41(35)49)21-12-13-23-52-42(50)29(4)5/h15-20,25,29-31H,8-14,21-24H2,1-7H3/b19-16+. The Morgan fingerprint density at radius 1 is 0.927 bits per heavy atom. The molecule has 0 radical (unpaired) electrons. The van der Waals surface area contributed by atoms with Gasteiger partial charge in [0.15, 0.2) is 5.57 Å². The average molecular weight is 768 g/mol. The molecule has 55 heavy (non-hydrogen) atoms. The molecule has 0 bridgehead atoms. The zero-order valence-electron chi connectivity index (χ0n) is 33.1. The van der Waals surface area contributed by atoms with E-state index in [-0.39, 0.29) is 65.4 Å². The molecule has 0 saturated carbocycles. The molecule has 0 N–H and O–H groups in total. The summed E-state index contributed by atoms with van der Waals surface area (Å²) in [6.45, 7) is 15.5. The Hall–Kier alpha value is -5.38. The van der Waals surface area contributed by atoms with E-state index >= 15 is 0 Å². The van der Waals surface area contributed by atoms with Crippen LogP contribution in [0.15, 0.2) is 58.8 Å². The van der Waals surface area contributed by atoms with Crippen molar-refractivity contribution in [3.05, 3.63) is 63.7 Å². The van der Waals surface area contributed by atoms with Crippen LogP contribution in [0.4, 0.5) is 5.69 Å². The molecule has 12 heteroatoms. The molecule has 2 aromatic rings. The number of carbonyl (C=O) groups is 3. The normalized spacial score (nSPS) is 13.2. The number of unbranched alkanes of at least 4 members (excludes halogenated alkanes) is 2. The van der Waals surface area contributed by atoms with Gasteiger partial charge in [-0.1, -0.05) is 40.5 Å². The van der Waals surface area contributed by atoms with E-state index in [0.29, 0.717) is 38.3 Å². The molecular formula is C43H53N5O6S. The Labute approximate surface area is 330 Å². The van der Waals surface area contributed by atoms with Crippen LogP contribution in [-0.4, -0.2) is 61.7 Å². The molecule has 0 fully saturated rings. The number of thiophene rings is 1. The predicted octanol–water partition coefficient (Wildman–Crippen LogP) is 8.74. The van der Waals surface area contributed by atoms with Gasteiger partial charge in [0.05, 0.1) is 47.9 Å². The first kappa shape index (κ1) is 44.0. The van der Waals surface area contributed by atoms with Crippen LogP contribution < -0.4 is 9.64 Å². The van der Waals surface area contributed by atoms with Crippen molar-refractivity contribution >= 4 is 40.9 Å². The lowest BCUT2D eigenvalue weighted by Gasteiger charge is -2.25. The molecular weight excluding hydrogens is 715 g/mol. The highest BCUT2D eigenvalue weighted by Crippen LogP contribution is 2.39. The van der Waals surface area contributed by atoms with Crippen molar-refractivity contribution in [3.8, 4) is 34.4 Å². The highest BCUT2D eigenvalue weighted by Gasteiger charge is 2.36. The van der Waals surface area contributed by atoms with Crippen molar-refractivity contribution in [1.82, 2.24) is 4.90 Å². The average Bonchev–Trinajstić information content (AvgIpc) is 3.74. The Balaban J connectivity index is 1.82. The van der Waals surface area contributed by atoms with E-state index < -0.39 is 5.91 Å². The minimum Gasteiger partial charge on any atom is -0.490 e. The first-order valence-corrected chi connectivity index (χ1v) is 19.9. The largest absolute Gasteiger partial charge is 0.490 e. The van der Waals surface area contributed by atoms with Crippen molar-refractivity contribution in [2.24, 2.45) is 11.8 Å². The maximum absolute atomic E-state index is 13.7. The van der Waals surface area contributed by atoms with Crippen LogP contribution in [0.5, 0.6) is 5.75 Å². The number of hydrogen-bond acceptors (Lipinski definition) is 11. The smallest absolute Gasteiger partial charge is 0.308 e. The van der Waals surface area contributed by atoms with Crippen LogP contribution in [-0.2, 0) is 23.9 Å². The Morgan fingerprint density at radius 3 is 2.27 bits per heavy atom. The quantitative estimate of drug-likeness (QED) is 0.0684. The van der Waals surface area contributed by atoms with E-state index in [2.05, 4.69) is 18.7 Å². The number of nitriles is 3. The zero-order chi connectivity index (χ0) is 40.5. The van der Waals surface area contributed by atoms with Crippen molar-refractivity contribution in [1.29, 1.82) is 15.8 Å². The topological polar surface area (TPSA) is 157 Å². The molecule has 1 aromatic heterocycles. The number of amides is 1. The molecule has 1 aliphatic heterocycles. The van der Waals surface area contributed by atoms with E-state index in [4.69, 9.17) is 14.2 Å². The number of carbonyl (C=O) groups excluding carboxylic acids is 3. The minimum atomic E-state index is -0.484. The SMILES string of the molecule is CCCCC(CC)C(=O)OCCN(CC)c1ccc(-c2ccc(/C=C/C3=C(C#N)C(=C(C#N)C#N)N(CCCCOC(=O)C(C)C)C3=O)s2)c(OC(C)C)c1. The van der Waals surface area contributed by atoms with E-state index in [1.54, 1.807) is 26.0 Å². The van der Waals surface area contributed by atoms with Crippen LogP contribution in [0.1, 0.15) is 91.9 Å². The van der Waals surface area contributed by atoms with Gasteiger partial charge >= 0.3 is 11.9 Å². The number of rotatable bonds is 21. The summed E-state index contributed by atoms with van der Waals surface area (Å²) in [5, 5.41) is 29.4. The van der Waals surface area contributed by atoms with Crippen LogP contribution in [0.2, 0.25) is 0 Å². The maximum atomic E-state index is 13.7. The summed E-state index contributed by atoms with van der Waals surface area (Å²) < 4.78 is 17.2. The first-order valence-electron chi connectivity index (χ1n) is 19.1. The zero-order valence-corrected chi connectivity index (χ0v) is 34.0. The van der Waals surface area contributed by atoms with Gasteiger partial charge in [-0.2, -0.15) is 15.8 Å². The summed E-state index contributed by atoms with van der Waals surface area (Å²) >= 11 is 1.48. The molecule has 1 aromatic carbocycles. The number of esters is 2. The van der Waals surface area contributed by atoms with Gasteiger partial charge < -0.3 is 24.0 Å². The number of benzene rings is 1. The maximum Gasteiger partial charge on any atom is 0.308 e. The monoisotopic (exact) mass is 767 g/mol. The summed E-state index contributed by atoms with van der Waals surface area (Å²) in [7, 11) is 0. The lowest BCUT2D eigenvalue weighted by Crippen LogP contribution is -2.29. The summed E-state index contributed by atoms with van der Waals surface area (Å²) in [5.74, 6) is -0.546. The molecule has 2 heterocycles. The molecule has 3 rings (SSSR count). The molecule has 1 unspecified atom stereocenters. The van der Waals surface area contributed by atoms with Crippen molar-refractivity contribution in [2.75, 3.05) is 37.7 Å². The van der Waals surface area contributed by atoms with E-state index in [1.165, 1.54) is 16.2 Å². The molecule has 0 spiro atoms. The van der Waals surface area contributed by atoms with Gasteiger partial charge in [-0.05, 0) is 82.9 Å². The van der Waals surface area contributed by atoms with Gasteiger partial charge in [-0.3, -0.25) is 14.4 Å². The van der Waals surface area contributed by atoms with Crippen molar-refractivity contribution in [2.45, 2.75) is 93.1 Å². The fraction of sp³-hybridized carbons (Fsp3) is 0.488. The van der Waals surface area contributed by atoms with Gasteiger partial charge in [0.2, 0.25) is 0 Å². The summed E-state index contributed by atoms with van der Waals surface area (Å²) in [6, 6.07) is 15.6. The number of anilines is 1. The van der Waals surface area contributed by atoms with Crippen LogP contribution >= 0.6 is 11.3 Å². The van der Waals surface area contributed by atoms with Gasteiger partial charge in [-0.15, -0.1) is 11.3 Å². The Morgan fingerprint density at radius 2 is 1.65 bits per heavy atom. The molecule has 1 amide bonds. The lowest BCUT2D eigenvalue weighted by atomic mass is 10.00. The van der Waals surface area contributed by atoms with Crippen molar-refractivity contribution < 1.29 is 28.6 Å². The number of allylic oxidation sites excluding steroid dienone is 2. The third-order valence-corrected chi connectivity index (χ3v) is 10.1. The second kappa shape index (κ2) is 22.1. The second-order valence-corrected chi connectivity index (χ2v) is 14.8. The predicted molar refractivity (Wildman–Crippen MR) is 214 cm³/mol. The number of likely N-dealkylation sites (N-methyl/N-ethyl adjacent to an activating group) is 1. The van der Waals surface area contributed by atoms with Crippen molar-refractivity contribution in [3.63, 3.8) is 0 Å².